The summed E-state index contributed by atoms with van der Waals surface area (Å²) >= 11 is 5.90. The molecule has 1 atom stereocenters. The van der Waals surface area contributed by atoms with Gasteiger partial charge in [-0.2, -0.15) is 4.98 Å². The highest BCUT2D eigenvalue weighted by molar-refractivity contribution is 6.30. The summed E-state index contributed by atoms with van der Waals surface area (Å²) in [6, 6.07) is 0.945. The van der Waals surface area contributed by atoms with Crippen LogP contribution in [0.1, 0.15) is 31.2 Å². The van der Waals surface area contributed by atoms with Gasteiger partial charge in [0.25, 0.3) is 0 Å². The standard InChI is InChI=1S/C12H18ClN3O/c1-9-8-15-12(16-11(9)13)17-7-5-10-4-2-3-6-14-10/h8,10,14H,2-7H2,1H3/t10-/m0/s1. The molecule has 1 aliphatic heterocycles. The van der Waals surface area contributed by atoms with Crippen LogP contribution >= 0.6 is 11.6 Å². The number of ether oxygens (including phenoxy) is 1. The lowest BCUT2D eigenvalue weighted by Crippen LogP contribution is -2.35. The maximum absolute atomic E-state index is 5.90. The van der Waals surface area contributed by atoms with Crippen molar-refractivity contribution in [3.05, 3.63) is 16.9 Å². The van der Waals surface area contributed by atoms with Gasteiger partial charge in [-0.3, -0.25) is 0 Å². The molecule has 0 spiro atoms. The van der Waals surface area contributed by atoms with E-state index in [9.17, 15) is 0 Å². The molecule has 0 saturated carbocycles. The van der Waals surface area contributed by atoms with E-state index in [1.165, 1.54) is 19.3 Å². The summed E-state index contributed by atoms with van der Waals surface area (Å²) in [4.78, 5) is 8.15. The Hall–Kier alpha value is -0.870. The van der Waals surface area contributed by atoms with Crippen molar-refractivity contribution in [1.82, 2.24) is 15.3 Å². The molecular weight excluding hydrogens is 238 g/mol. The summed E-state index contributed by atoms with van der Waals surface area (Å²) < 4.78 is 5.50. The van der Waals surface area contributed by atoms with Crippen molar-refractivity contribution in [2.24, 2.45) is 0 Å². The molecule has 1 aromatic heterocycles. The molecule has 1 fully saturated rings. The van der Waals surface area contributed by atoms with Gasteiger partial charge in [-0.25, -0.2) is 4.98 Å². The van der Waals surface area contributed by atoms with E-state index in [2.05, 4.69) is 15.3 Å². The van der Waals surface area contributed by atoms with Gasteiger partial charge in [0.1, 0.15) is 5.15 Å². The zero-order valence-corrected chi connectivity index (χ0v) is 10.8. The third kappa shape index (κ3) is 3.82. The molecule has 1 aromatic rings. The number of hydrogen-bond donors (Lipinski definition) is 1. The van der Waals surface area contributed by atoms with Crippen LogP contribution in [0.5, 0.6) is 6.01 Å². The molecule has 1 N–H and O–H groups in total. The number of hydrogen-bond acceptors (Lipinski definition) is 4. The van der Waals surface area contributed by atoms with Gasteiger partial charge < -0.3 is 10.1 Å². The van der Waals surface area contributed by atoms with E-state index >= 15 is 0 Å². The van der Waals surface area contributed by atoms with Crippen molar-refractivity contribution >= 4 is 11.6 Å². The summed E-state index contributed by atoms with van der Waals surface area (Å²) in [5.74, 6) is 0. The molecule has 1 saturated heterocycles. The Morgan fingerprint density at radius 3 is 3.12 bits per heavy atom. The lowest BCUT2D eigenvalue weighted by Gasteiger charge is -2.23. The van der Waals surface area contributed by atoms with Crippen LogP contribution < -0.4 is 10.1 Å². The summed E-state index contributed by atoms with van der Waals surface area (Å²) in [5.41, 5.74) is 0.868. The van der Waals surface area contributed by atoms with Crippen LogP contribution in [0.15, 0.2) is 6.20 Å². The van der Waals surface area contributed by atoms with E-state index in [1.54, 1.807) is 6.20 Å². The number of piperidine rings is 1. The van der Waals surface area contributed by atoms with Crippen LogP contribution in [0.25, 0.3) is 0 Å². The van der Waals surface area contributed by atoms with Gasteiger partial charge >= 0.3 is 6.01 Å². The Morgan fingerprint density at radius 2 is 2.41 bits per heavy atom. The van der Waals surface area contributed by atoms with E-state index < -0.39 is 0 Å². The van der Waals surface area contributed by atoms with Crippen LogP contribution in [0.4, 0.5) is 0 Å². The smallest absolute Gasteiger partial charge is 0.317 e. The van der Waals surface area contributed by atoms with Crippen LogP contribution in [0.2, 0.25) is 5.15 Å². The molecule has 17 heavy (non-hydrogen) atoms. The molecule has 0 amide bonds. The monoisotopic (exact) mass is 255 g/mol. The first-order valence-electron chi connectivity index (χ1n) is 6.11. The van der Waals surface area contributed by atoms with Crippen LogP contribution in [0, 0.1) is 6.92 Å². The Balaban J connectivity index is 1.75. The highest BCUT2D eigenvalue weighted by Gasteiger charge is 2.12. The fourth-order valence-corrected chi connectivity index (χ4v) is 2.06. The summed E-state index contributed by atoms with van der Waals surface area (Å²) in [5, 5.41) is 3.94. The number of aryl methyl sites for hydroxylation is 1. The zero-order valence-electron chi connectivity index (χ0n) is 10.1. The second-order valence-corrected chi connectivity index (χ2v) is 4.77. The second kappa shape index (κ2) is 6.17. The normalized spacial score (nSPS) is 20.2. The van der Waals surface area contributed by atoms with Crippen molar-refractivity contribution in [3.8, 4) is 6.01 Å². The van der Waals surface area contributed by atoms with Crippen LogP contribution in [-0.2, 0) is 0 Å². The molecule has 1 aliphatic rings. The van der Waals surface area contributed by atoms with E-state index in [0.29, 0.717) is 23.8 Å². The van der Waals surface area contributed by atoms with Crippen LogP contribution in [0.3, 0.4) is 0 Å². The van der Waals surface area contributed by atoms with Gasteiger partial charge in [0.2, 0.25) is 0 Å². The van der Waals surface area contributed by atoms with E-state index in [0.717, 1.165) is 18.5 Å². The minimum absolute atomic E-state index is 0.372. The number of nitrogens with zero attached hydrogens (tertiary/aromatic N) is 2. The number of aromatic nitrogens is 2. The first-order valence-corrected chi connectivity index (χ1v) is 6.49. The average molecular weight is 256 g/mol. The van der Waals surface area contributed by atoms with Crippen molar-refractivity contribution in [1.29, 1.82) is 0 Å². The highest BCUT2D eigenvalue weighted by atomic mass is 35.5. The number of nitrogens with one attached hydrogen (secondary N) is 1. The second-order valence-electron chi connectivity index (χ2n) is 4.41. The Labute approximate surface area is 107 Å². The fraction of sp³-hybridized carbons (Fsp3) is 0.667. The van der Waals surface area contributed by atoms with Gasteiger partial charge in [-0.15, -0.1) is 0 Å². The SMILES string of the molecule is Cc1cnc(OCC[C@@H]2CCCCN2)nc1Cl. The van der Waals surface area contributed by atoms with Crippen molar-refractivity contribution < 1.29 is 4.74 Å². The Kier molecular flexibility index (Phi) is 4.57. The van der Waals surface area contributed by atoms with Gasteiger partial charge in [0, 0.05) is 17.8 Å². The molecule has 2 rings (SSSR count). The fourth-order valence-electron chi connectivity index (χ4n) is 1.94. The van der Waals surface area contributed by atoms with Gasteiger partial charge in [0.05, 0.1) is 6.61 Å². The predicted octanol–water partition coefficient (Wildman–Crippen LogP) is 2.35. The minimum Gasteiger partial charge on any atom is -0.463 e. The van der Waals surface area contributed by atoms with Gasteiger partial charge in [-0.1, -0.05) is 18.0 Å². The molecule has 5 heteroatoms. The lowest BCUT2D eigenvalue weighted by atomic mass is 10.0. The molecule has 4 nitrogen and oxygen atoms in total. The average Bonchev–Trinajstić information content (AvgIpc) is 2.35. The maximum atomic E-state index is 5.90. The summed E-state index contributed by atoms with van der Waals surface area (Å²) in [7, 11) is 0. The Morgan fingerprint density at radius 1 is 1.53 bits per heavy atom. The lowest BCUT2D eigenvalue weighted by molar-refractivity contribution is 0.252. The maximum Gasteiger partial charge on any atom is 0.317 e. The highest BCUT2D eigenvalue weighted by Crippen LogP contribution is 2.14. The predicted molar refractivity (Wildman–Crippen MR) is 67.5 cm³/mol. The van der Waals surface area contributed by atoms with E-state index in [1.807, 2.05) is 6.92 Å². The molecule has 0 aromatic carbocycles. The molecule has 0 bridgehead atoms. The molecule has 0 radical (unpaired) electrons. The third-order valence-electron chi connectivity index (χ3n) is 3.00. The Bertz CT molecular complexity index is 367. The molecular formula is C12H18ClN3O. The zero-order chi connectivity index (χ0) is 12.1. The van der Waals surface area contributed by atoms with E-state index in [4.69, 9.17) is 16.3 Å². The molecule has 0 aliphatic carbocycles. The summed E-state index contributed by atoms with van der Waals surface area (Å²) in [6.07, 6.45) is 6.51. The van der Waals surface area contributed by atoms with Crippen molar-refractivity contribution in [2.45, 2.75) is 38.6 Å². The third-order valence-corrected chi connectivity index (χ3v) is 3.38. The largest absolute Gasteiger partial charge is 0.463 e. The first kappa shape index (κ1) is 12.6. The van der Waals surface area contributed by atoms with Crippen molar-refractivity contribution in [3.63, 3.8) is 0 Å². The number of rotatable bonds is 4. The first-order chi connectivity index (χ1) is 8.25. The summed E-state index contributed by atoms with van der Waals surface area (Å²) in [6.45, 7) is 3.63. The topological polar surface area (TPSA) is 47.0 Å². The van der Waals surface area contributed by atoms with Gasteiger partial charge in [-0.05, 0) is 32.7 Å². The van der Waals surface area contributed by atoms with Crippen LogP contribution in [-0.4, -0.2) is 29.2 Å². The quantitative estimate of drug-likeness (QED) is 0.839. The number of halogens is 1. The van der Waals surface area contributed by atoms with Crippen molar-refractivity contribution in [2.75, 3.05) is 13.2 Å². The van der Waals surface area contributed by atoms with E-state index in [-0.39, 0.29) is 0 Å². The molecule has 2 heterocycles. The molecule has 0 unspecified atom stereocenters. The minimum atomic E-state index is 0.372. The van der Waals surface area contributed by atoms with Gasteiger partial charge in [0.15, 0.2) is 0 Å². The molecule has 94 valence electrons.